The van der Waals surface area contributed by atoms with E-state index in [9.17, 15) is 18.0 Å². The molecule has 0 unspecified atom stereocenters. The second kappa shape index (κ2) is 9.98. The number of hydrogen-bond acceptors (Lipinski definition) is 12. The van der Waals surface area contributed by atoms with Crippen LogP contribution in [0.4, 0.5) is 5.13 Å². The number of anilines is 1. The minimum atomic E-state index is -4.74. The van der Waals surface area contributed by atoms with E-state index >= 15 is 0 Å². The van der Waals surface area contributed by atoms with Crippen LogP contribution < -0.4 is 21.5 Å². The highest BCUT2D eigenvalue weighted by molar-refractivity contribution is 7.84. The average Bonchev–Trinajstić information content (AvgIpc) is 3.19. The molecule has 0 spiro atoms. The van der Waals surface area contributed by atoms with Crippen molar-refractivity contribution >= 4 is 50.3 Å². The van der Waals surface area contributed by atoms with Gasteiger partial charge in [-0.2, -0.15) is 17.8 Å². The maximum Gasteiger partial charge on any atom is 0.362 e. The highest BCUT2D eigenvalue weighted by Gasteiger charge is 2.51. The molecule has 0 bridgehead atoms. The first-order chi connectivity index (χ1) is 16.0. The van der Waals surface area contributed by atoms with E-state index in [1.807, 2.05) is 0 Å². The Kier molecular flexibility index (Phi) is 7.28. The molecule has 17 heteroatoms. The third-order valence-electron chi connectivity index (χ3n) is 4.50. The molecule has 1 aliphatic heterocycles. The lowest BCUT2D eigenvalue weighted by Gasteiger charge is -2.42. The number of benzene rings is 1. The summed E-state index contributed by atoms with van der Waals surface area (Å²) in [5.41, 5.74) is 11.1. The number of carbonyl (C=O) groups is 2. The summed E-state index contributed by atoms with van der Waals surface area (Å²) in [4.78, 5) is 33.7. The topological polar surface area (TPSA) is 236 Å². The molecule has 0 saturated carbocycles. The van der Waals surface area contributed by atoms with E-state index in [1.165, 1.54) is 6.92 Å². The molecule has 1 aromatic heterocycles. The van der Waals surface area contributed by atoms with E-state index in [-0.39, 0.29) is 34.3 Å². The molecule has 0 radical (unpaired) electrons. The molecule has 1 fully saturated rings. The molecule has 182 valence electrons. The van der Waals surface area contributed by atoms with Gasteiger partial charge in [0.1, 0.15) is 24.2 Å². The average molecular weight is 513 g/mol. The van der Waals surface area contributed by atoms with E-state index in [2.05, 4.69) is 19.8 Å². The predicted octanol–water partition coefficient (Wildman–Crippen LogP) is -1.28. The van der Waals surface area contributed by atoms with Crippen LogP contribution in [0, 0.1) is 5.41 Å². The lowest BCUT2D eigenvalue weighted by atomic mass is 10.0. The van der Waals surface area contributed by atoms with Crippen molar-refractivity contribution in [3.8, 4) is 5.75 Å². The Hall–Kier alpha value is -3.83. The molecule has 2 heterocycles. The minimum absolute atomic E-state index is 0.0475. The van der Waals surface area contributed by atoms with Gasteiger partial charge in [-0.25, -0.2) is 4.31 Å². The van der Waals surface area contributed by atoms with E-state index in [0.717, 1.165) is 11.5 Å². The number of nitrogens with one attached hydrogen (secondary N) is 2. The van der Waals surface area contributed by atoms with Crippen molar-refractivity contribution in [2.45, 2.75) is 19.0 Å². The Labute approximate surface area is 197 Å². The molecule has 1 saturated heterocycles. The molecular formula is C17H20N8O7S2. The van der Waals surface area contributed by atoms with Gasteiger partial charge in [0.25, 0.3) is 11.8 Å². The fourth-order valence-electron chi connectivity index (χ4n) is 2.87. The number of amidine groups is 1. The van der Waals surface area contributed by atoms with E-state index in [0.29, 0.717) is 11.3 Å². The number of aromatic nitrogens is 2. The SMILES string of the molecule is C[C@H]1[C@H](NC(=O)/C(=N\OCCOc2ccc(C(=N)N)cc2)c2nsc(N)n2)C(=O)N1S(=O)(=O)O. The standard InChI is InChI=1S/C17H20N8O7S2/c1-8-11(16(27)25(8)34(28,29)30)21-15(26)12(14-22-17(20)33-24-14)23-32-7-6-31-10-4-2-9(3-5-10)13(18)19/h2-5,8,11H,6-7H2,1H3,(H3,18,19)(H,21,26)(H2,20,22,24)(H,28,29,30)/b23-12-/t8-,11-/m0/s1. The van der Waals surface area contributed by atoms with Crippen molar-refractivity contribution in [1.82, 2.24) is 19.0 Å². The van der Waals surface area contributed by atoms with Crippen LogP contribution in [0.5, 0.6) is 5.75 Å². The van der Waals surface area contributed by atoms with Gasteiger partial charge in [0.2, 0.25) is 11.5 Å². The number of carbonyl (C=O) groups excluding carboxylic acids is 2. The van der Waals surface area contributed by atoms with E-state index in [1.54, 1.807) is 24.3 Å². The fourth-order valence-corrected chi connectivity index (χ4v) is 4.18. The molecule has 2 amide bonds. The van der Waals surface area contributed by atoms with Crippen molar-refractivity contribution in [3.05, 3.63) is 35.7 Å². The summed E-state index contributed by atoms with van der Waals surface area (Å²) in [6, 6.07) is 4.22. The zero-order valence-electron chi connectivity index (χ0n) is 17.5. The summed E-state index contributed by atoms with van der Waals surface area (Å²) in [5.74, 6) is -1.68. The van der Waals surface area contributed by atoms with Crippen molar-refractivity contribution < 1.29 is 32.1 Å². The molecule has 1 aromatic carbocycles. The smallest absolute Gasteiger partial charge is 0.362 e. The number of oxime groups is 1. The molecular weight excluding hydrogens is 492 g/mol. The van der Waals surface area contributed by atoms with E-state index < -0.39 is 39.9 Å². The highest BCUT2D eigenvalue weighted by Crippen LogP contribution is 2.23. The van der Waals surface area contributed by atoms with Gasteiger partial charge >= 0.3 is 10.3 Å². The zero-order chi connectivity index (χ0) is 25.0. The number of hydrogen-bond donors (Lipinski definition) is 5. The summed E-state index contributed by atoms with van der Waals surface area (Å²) in [7, 11) is -4.74. The molecule has 2 atom stereocenters. The number of rotatable bonds is 10. The van der Waals surface area contributed by atoms with Crippen LogP contribution in [0.25, 0.3) is 0 Å². The van der Waals surface area contributed by atoms with Gasteiger partial charge in [-0.1, -0.05) is 5.16 Å². The molecule has 3 rings (SSSR count). The maximum atomic E-state index is 12.7. The summed E-state index contributed by atoms with van der Waals surface area (Å²) in [6.07, 6.45) is 0. The minimum Gasteiger partial charge on any atom is -0.490 e. The lowest BCUT2D eigenvalue weighted by Crippen LogP contribution is -2.71. The largest absolute Gasteiger partial charge is 0.490 e. The van der Waals surface area contributed by atoms with Crippen LogP contribution in [-0.4, -0.2) is 75.3 Å². The summed E-state index contributed by atoms with van der Waals surface area (Å²) in [5, 5.41) is 13.4. The highest BCUT2D eigenvalue weighted by atomic mass is 32.2. The first-order valence-electron chi connectivity index (χ1n) is 9.47. The number of amides is 2. The summed E-state index contributed by atoms with van der Waals surface area (Å²) >= 11 is 0.802. The van der Waals surface area contributed by atoms with Gasteiger partial charge in [0.15, 0.2) is 11.7 Å². The van der Waals surface area contributed by atoms with Crippen molar-refractivity contribution in [2.75, 3.05) is 18.9 Å². The molecule has 7 N–H and O–H groups in total. The molecule has 34 heavy (non-hydrogen) atoms. The lowest BCUT2D eigenvalue weighted by molar-refractivity contribution is -0.143. The van der Waals surface area contributed by atoms with Crippen molar-refractivity contribution in [3.63, 3.8) is 0 Å². The van der Waals surface area contributed by atoms with Gasteiger partial charge in [0.05, 0.1) is 6.04 Å². The van der Waals surface area contributed by atoms with E-state index in [4.69, 9.17) is 31.0 Å². The zero-order valence-corrected chi connectivity index (χ0v) is 19.2. The van der Waals surface area contributed by atoms with Crippen molar-refractivity contribution in [1.29, 1.82) is 5.41 Å². The van der Waals surface area contributed by atoms with Crippen LogP contribution in [0.2, 0.25) is 0 Å². The predicted molar refractivity (Wildman–Crippen MR) is 120 cm³/mol. The normalized spacial score (nSPS) is 18.2. The van der Waals surface area contributed by atoms with Gasteiger partial charge in [-0.15, -0.1) is 0 Å². The Bertz CT molecular complexity index is 1230. The third kappa shape index (κ3) is 5.56. The monoisotopic (exact) mass is 512 g/mol. The molecule has 0 aliphatic carbocycles. The molecule has 2 aromatic rings. The van der Waals surface area contributed by atoms with Gasteiger partial charge in [-0.05, 0) is 31.2 Å². The Morgan fingerprint density at radius 3 is 2.56 bits per heavy atom. The number of ether oxygens (including phenoxy) is 1. The van der Waals surface area contributed by atoms with Gasteiger partial charge < -0.3 is 26.4 Å². The first kappa shape index (κ1) is 24.8. The van der Waals surface area contributed by atoms with Crippen LogP contribution in [0.1, 0.15) is 18.3 Å². The van der Waals surface area contributed by atoms with Crippen LogP contribution in [0.15, 0.2) is 29.4 Å². The van der Waals surface area contributed by atoms with Crippen LogP contribution in [0.3, 0.4) is 0 Å². The van der Waals surface area contributed by atoms with Gasteiger partial charge in [0, 0.05) is 17.1 Å². The second-order valence-corrected chi connectivity index (χ2v) is 8.89. The Balaban J connectivity index is 1.61. The quantitative estimate of drug-likeness (QED) is 0.0627. The Morgan fingerprint density at radius 1 is 1.35 bits per heavy atom. The fraction of sp³-hybridized carbons (Fsp3) is 0.294. The Morgan fingerprint density at radius 2 is 2.03 bits per heavy atom. The number of nitrogen functional groups attached to an aromatic ring is 2. The summed E-state index contributed by atoms with van der Waals surface area (Å²) < 4.78 is 41.1. The second-order valence-electron chi connectivity index (χ2n) is 6.82. The van der Waals surface area contributed by atoms with Gasteiger partial charge in [-0.3, -0.25) is 19.6 Å². The number of β-lactam (4-membered cyclic amide) rings is 1. The maximum absolute atomic E-state index is 12.7. The number of nitrogens with two attached hydrogens (primary N) is 2. The molecule has 1 aliphatic rings. The van der Waals surface area contributed by atoms with Crippen LogP contribution >= 0.6 is 11.5 Å². The number of nitrogens with zero attached hydrogens (tertiary/aromatic N) is 4. The first-order valence-corrected chi connectivity index (χ1v) is 11.6. The van der Waals surface area contributed by atoms with Crippen molar-refractivity contribution in [2.24, 2.45) is 10.9 Å². The molecule has 15 nitrogen and oxygen atoms in total. The van der Waals surface area contributed by atoms with Crippen LogP contribution in [-0.2, 0) is 24.7 Å². The summed E-state index contributed by atoms with van der Waals surface area (Å²) in [6.45, 7) is 1.29. The third-order valence-corrected chi connectivity index (χ3v) is 6.06.